The van der Waals surface area contributed by atoms with Crippen molar-refractivity contribution in [1.82, 2.24) is 0 Å². The van der Waals surface area contributed by atoms with Gasteiger partial charge in [0, 0.05) is 19.3 Å². The lowest BCUT2D eigenvalue weighted by Crippen LogP contribution is -2.30. The van der Waals surface area contributed by atoms with Crippen LogP contribution in [0.4, 0.5) is 0 Å². The lowest BCUT2D eigenvalue weighted by Gasteiger charge is -2.18. The van der Waals surface area contributed by atoms with E-state index in [-0.39, 0.29) is 38.0 Å². The molecule has 0 aromatic heterocycles. The Hall–Kier alpha value is -5.49. The number of hydrogen-bond acceptors (Lipinski definition) is 6. The van der Waals surface area contributed by atoms with Crippen LogP contribution in [0.2, 0.25) is 0 Å². The van der Waals surface area contributed by atoms with Crippen LogP contribution in [0.1, 0.15) is 188 Å². The third kappa shape index (κ3) is 55.3. The zero-order valence-electron chi connectivity index (χ0n) is 44.6. The maximum absolute atomic E-state index is 12.8. The summed E-state index contributed by atoms with van der Waals surface area (Å²) in [6.07, 6.45) is 86.1. The lowest BCUT2D eigenvalue weighted by atomic mass is 10.1. The van der Waals surface area contributed by atoms with Crippen LogP contribution in [-0.4, -0.2) is 37.2 Å². The summed E-state index contributed by atoms with van der Waals surface area (Å²) < 4.78 is 16.7. The molecule has 392 valence electrons. The van der Waals surface area contributed by atoms with E-state index in [2.05, 4.69) is 191 Å². The first-order valence-electron chi connectivity index (χ1n) is 27.3. The summed E-state index contributed by atoms with van der Waals surface area (Å²) in [5.41, 5.74) is 0. The Kier molecular flexibility index (Phi) is 52.7. The highest BCUT2D eigenvalue weighted by Gasteiger charge is 2.19. The number of carbonyl (C=O) groups excluding carboxylic acids is 3. The van der Waals surface area contributed by atoms with Gasteiger partial charge in [-0.25, -0.2) is 0 Å². The fourth-order valence-corrected chi connectivity index (χ4v) is 6.43. The van der Waals surface area contributed by atoms with E-state index in [1.165, 1.54) is 0 Å². The van der Waals surface area contributed by atoms with Gasteiger partial charge in [-0.1, -0.05) is 216 Å². The molecule has 0 aromatic carbocycles. The second-order valence-electron chi connectivity index (χ2n) is 17.0. The topological polar surface area (TPSA) is 78.9 Å². The zero-order chi connectivity index (χ0) is 51.4. The van der Waals surface area contributed by atoms with Crippen LogP contribution in [0.15, 0.2) is 182 Å². The van der Waals surface area contributed by atoms with Crippen LogP contribution >= 0.6 is 0 Å². The Morgan fingerprint density at radius 1 is 0.282 bits per heavy atom. The van der Waals surface area contributed by atoms with E-state index < -0.39 is 12.1 Å². The van der Waals surface area contributed by atoms with E-state index in [1.54, 1.807) is 0 Å². The first kappa shape index (κ1) is 65.5. The molecule has 0 unspecified atom stereocenters. The van der Waals surface area contributed by atoms with Crippen LogP contribution in [0, 0.1) is 0 Å². The van der Waals surface area contributed by atoms with Crippen LogP contribution in [0.5, 0.6) is 0 Å². The van der Waals surface area contributed by atoms with Crippen molar-refractivity contribution in [3.63, 3.8) is 0 Å². The van der Waals surface area contributed by atoms with Crippen molar-refractivity contribution in [2.75, 3.05) is 13.2 Å². The standard InChI is InChI=1S/C65H96O6/c1-4-7-10-13-16-19-22-25-28-31-32-35-37-40-43-46-49-52-55-58-64(67)70-61-62(71-65(68)59-56-53-50-47-44-41-38-34-30-27-24-21-18-15-12-9-6-3)60-69-63(66)57-54-51-48-45-42-39-36-33-29-26-23-20-17-14-11-8-5-2/h7-12,16-21,25-30,32,35-36,38-41,43,47,49-50,52,62H,4-6,13-15,22-24,31,33-34,37,42,44-46,48,51,53-61H2,1-3H3/b10-7-,11-8-,12-9-,19-16-,20-17-,21-18-,28-25-,29-26-,30-27-,35-32-,39-36-,41-38-,43-40-,50-47-,52-49-/t62-/m0/s1. The molecule has 0 aliphatic carbocycles. The quantitative estimate of drug-likeness (QED) is 0.0262. The second-order valence-corrected chi connectivity index (χ2v) is 17.0. The fourth-order valence-electron chi connectivity index (χ4n) is 6.43. The van der Waals surface area contributed by atoms with Gasteiger partial charge in [0.15, 0.2) is 6.10 Å². The summed E-state index contributed by atoms with van der Waals surface area (Å²) in [7, 11) is 0. The molecule has 0 saturated carbocycles. The van der Waals surface area contributed by atoms with E-state index in [0.29, 0.717) is 19.3 Å². The number of esters is 3. The molecule has 0 heterocycles. The second kappa shape index (κ2) is 57.1. The molecule has 0 rings (SSSR count). The molecule has 6 nitrogen and oxygen atoms in total. The molecule has 71 heavy (non-hydrogen) atoms. The van der Waals surface area contributed by atoms with Gasteiger partial charge in [-0.3, -0.25) is 14.4 Å². The van der Waals surface area contributed by atoms with Crippen molar-refractivity contribution in [1.29, 1.82) is 0 Å². The molecule has 0 bridgehead atoms. The largest absolute Gasteiger partial charge is 0.462 e. The minimum atomic E-state index is -0.860. The van der Waals surface area contributed by atoms with E-state index in [4.69, 9.17) is 14.2 Å². The van der Waals surface area contributed by atoms with Gasteiger partial charge in [-0.15, -0.1) is 0 Å². The highest BCUT2D eigenvalue weighted by atomic mass is 16.6. The molecule has 0 aliphatic heterocycles. The Bertz CT molecular complexity index is 1730. The lowest BCUT2D eigenvalue weighted by molar-refractivity contribution is -0.166. The molecule has 0 N–H and O–H groups in total. The molecule has 6 heteroatoms. The highest BCUT2D eigenvalue weighted by Crippen LogP contribution is 2.10. The number of ether oxygens (including phenoxy) is 3. The van der Waals surface area contributed by atoms with Crippen molar-refractivity contribution >= 4 is 17.9 Å². The van der Waals surface area contributed by atoms with Gasteiger partial charge in [0.05, 0.1) is 0 Å². The average Bonchev–Trinajstić information content (AvgIpc) is 3.37. The third-order valence-electron chi connectivity index (χ3n) is 10.4. The highest BCUT2D eigenvalue weighted by molar-refractivity contribution is 5.71. The molecule has 0 fully saturated rings. The summed E-state index contributed by atoms with van der Waals surface area (Å²) in [5, 5.41) is 0. The van der Waals surface area contributed by atoms with Crippen molar-refractivity contribution in [2.24, 2.45) is 0 Å². The van der Waals surface area contributed by atoms with Gasteiger partial charge >= 0.3 is 17.9 Å². The van der Waals surface area contributed by atoms with E-state index >= 15 is 0 Å². The molecule has 1 atom stereocenters. The van der Waals surface area contributed by atoms with Crippen molar-refractivity contribution in [3.8, 4) is 0 Å². The Balaban J connectivity index is 4.68. The average molecular weight is 973 g/mol. The summed E-state index contributed by atoms with van der Waals surface area (Å²) in [6, 6.07) is 0. The Morgan fingerprint density at radius 2 is 0.549 bits per heavy atom. The molecule has 0 spiro atoms. The maximum atomic E-state index is 12.8. The van der Waals surface area contributed by atoms with E-state index in [9.17, 15) is 14.4 Å². The number of carbonyl (C=O) groups is 3. The van der Waals surface area contributed by atoms with Gasteiger partial charge < -0.3 is 14.2 Å². The number of hydrogen-bond donors (Lipinski definition) is 0. The maximum Gasteiger partial charge on any atom is 0.306 e. The number of rotatable bonds is 46. The minimum absolute atomic E-state index is 0.147. The normalized spacial score (nSPS) is 13.6. The van der Waals surface area contributed by atoms with Crippen molar-refractivity contribution in [2.45, 2.75) is 194 Å². The van der Waals surface area contributed by atoms with Gasteiger partial charge in [0.25, 0.3) is 0 Å². The van der Waals surface area contributed by atoms with E-state index in [0.717, 1.165) is 135 Å². The summed E-state index contributed by atoms with van der Waals surface area (Å²) >= 11 is 0. The van der Waals surface area contributed by atoms with E-state index in [1.807, 2.05) is 12.2 Å². The van der Waals surface area contributed by atoms with Crippen molar-refractivity contribution in [3.05, 3.63) is 182 Å². The number of allylic oxidation sites excluding steroid dienone is 30. The first-order valence-corrected chi connectivity index (χ1v) is 27.3. The zero-order valence-corrected chi connectivity index (χ0v) is 44.6. The molecule has 0 aliphatic rings. The summed E-state index contributed by atoms with van der Waals surface area (Å²) in [5.74, 6) is -1.13. The van der Waals surface area contributed by atoms with Gasteiger partial charge in [0.2, 0.25) is 0 Å². The molecule has 0 amide bonds. The Labute approximate surface area is 434 Å². The van der Waals surface area contributed by atoms with Crippen molar-refractivity contribution < 1.29 is 28.6 Å². The van der Waals surface area contributed by atoms with Gasteiger partial charge in [-0.05, 0) is 135 Å². The predicted octanol–water partition coefficient (Wildman–Crippen LogP) is 18.5. The van der Waals surface area contributed by atoms with Gasteiger partial charge in [-0.2, -0.15) is 0 Å². The molecular formula is C65H96O6. The fraction of sp³-hybridized carbons (Fsp3) is 0.492. The summed E-state index contributed by atoms with van der Waals surface area (Å²) in [4.78, 5) is 38.1. The monoisotopic (exact) mass is 973 g/mol. The summed E-state index contributed by atoms with van der Waals surface area (Å²) in [6.45, 7) is 6.13. The van der Waals surface area contributed by atoms with Crippen LogP contribution in [0.3, 0.4) is 0 Å². The van der Waals surface area contributed by atoms with Crippen LogP contribution in [0.25, 0.3) is 0 Å². The third-order valence-corrected chi connectivity index (χ3v) is 10.4. The molecule has 0 radical (unpaired) electrons. The van der Waals surface area contributed by atoms with Crippen LogP contribution in [-0.2, 0) is 28.6 Å². The molecular weight excluding hydrogens is 877 g/mol. The minimum Gasteiger partial charge on any atom is -0.462 e. The molecule has 0 aromatic rings. The van der Waals surface area contributed by atoms with Crippen LogP contribution < -0.4 is 0 Å². The SMILES string of the molecule is CC/C=C\C/C=C\C/C=C\C/C=C\C/C=C\C/C=C\CCC(=O)OC[C@H](COC(=O)CCCCCC/C=C\C/C=C\C/C=C\C/C=C\CC)OC(=O)CCC/C=C\C/C=C\C/C=C\C/C=C\C/C=C\CC. The smallest absolute Gasteiger partial charge is 0.306 e. The molecule has 0 saturated heterocycles. The predicted molar refractivity (Wildman–Crippen MR) is 306 cm³/mol. The Morgan fingerprint density at radius 3 is 0.901 bits per heavy atom. The van der Waals surface area contributed by atoms with Gasteiger partial charge in [0.1, 0.15) is 13.2 Å². The number of unbranched alkanes of at least 4 members (excludes halogenated alkanes) is 5. The first-order chi connectivity index (χ1) is 35.0.